The number of rotatable bonds is 2. The molecule has 2 rings (SSSR count). The summed E-state index contributed by atoms with van der Waals surface area (Å²) >= 11 is 0. The molecule has 1 aromatic heterocycles. The molecule has 0 unspecified atom stereocenters. The second-order valence-corrected chi connectivity index (χ2v) is 6.06. The van der Waals surface area contributed by atoms with Crippen LogP contribution in [0.5, 0.6) is 0 Å². The molecule has 1 aromatic rings. The molecule has 4 heteroatoms. The van der Waals surface area contributed by atoms with Crippen LogP contribution in [0.3, 0.4) is 0 Å². The number of hydrogen-bond acceptors (Lipinski definition) is 4. The number of nitrogens with zero attached hydrogens (tertiary/aromatic N) is 2. The first-order valence-electron chi connectivity index (χ1n) is 6.02. The summed E-state index contributed by atoms with van der Waals surface area (Å²) in [6.45, 7) is 6.53. The second-order valence-electron chi connectivity index (χ2n) is 6.06. The molecule has 4 nitrogen and oxygen atoms in total. The van der Waals surface area contributed by atoms with Gasteiger partial charge < -0.3 is 10.3 Å². The van der Waals surface area contributed by atoms with Crippen molar-refractivity contribution in [2.75, 3.05) is 0 Å². The Kier molecular flexibility index (Phi) is 3.02. The molecule has 0 saturated heterocycles. The van der Waals surface area contributed by atoms with Gasteiger partial charge in [0.2, 0.25) is 5.89 Å². The summed E-state index contributed by atoms with van der Waals surface area (Å²) in [6, 6.07) is 0.308. The van der Waals surface area contributed by atoms with Gasteiger partial charge in [0.1, 0.15) is 0 Å². The van der Waals surface area contributed by atoms with Crippen LogP contribution in [0, 0.1) is 5.41 Å². The molecule has 0 amide bonds. The maximum absolute atomic E-state index is 5.88. The monoisotopic (exact) mass is 223 g/mol. The second kappa shape index (κ2) is 4.17. The molecule has 2 atom stereocenters. The smallest absolute Gasteiger partial charge is 0.229 e. The zero-order chi connectivity index (χ0) is 11.8. The van der Waals surface area contributed by atoms with Crippen LogP contribution in [0.25, 0.3) is 0 Å². The van der Waals surface area contributed by atoms with Gasteiger partial charge in [-0.15, -0.1) is 0 Å². The first kappa shape index (κ1) is 11.6. The molecule has 1 heterocycles. The van der Waals surface area contributed by atoms with Crippen molar-refractivity contribution in [1.29, 1.82) is 0 Å². The van der Waals surface area contributed by atoms with Crippen molar-refractivity contribution in [2.24, 2.45) is 11.1 Å². The summed E-state index contributed by atoms with van der Waals surface area (Å²) in [5.41, 5.74) is 6.08. The molecule has 16 heavy (non-hydrogen) atoms. The minimum Gasteiger partial charge on any atom is -0.339 e. The highest BCUT2D eigenvalue weighted by atomic mass is 16.5. The molecular weight excluding hydrogens is 202 g/mol. The van der Waals surface area contributed by atoms with E-state index in [9.17, 15) is 0 Å². The Hall–Kier alpha value is -0.900. The number of aromatic nitrogens is 2. The molecule has 90 valence electrons. The fraction of sp³-hybridized carbons (Fsp3) is 0.833. The lowest BCUT2D eigenvalue weighted by Gasteiger charge is -2.14. The van der Waals surface area contributed by atoms with Crippen LogP contribution in [-0.2, 0) is 6.42 Å². The predicted octanol–water partition coefficient (Wildman–Crippen LogP) is 2.25. The van der Waals surface area contributed by atoms with Crippen molar-refractivity contribution < 1.29 is 4.52 Å². The summed E-state index contributed by atoms with van der Waals surface area (Å²) in [5, 5.41) is 4.04. The lowest BCUT2D eigenvalue weighted by molar-refractivity contribution is 0.339. The van der Waals surface area contributed by atoms with Gasteiger partial charge >= 0.3 is 0 Å². The maximum Gasteiger partial charge on any atom is 0.229 e. The third kappa shape index (κ3) is 2.82. The van der Waals surface area contributed by atoms with E-state index in [2.05, 4.69) is 30.9 Å². The Morgan fingerprint density at radius 1 is 1.38 bits per heavy atom. The predicted molar refractivity (Wildman–Crippen MR) is 62.0 cm³/mol. The lowest BCUT2D eigenvalue weighted by Crippen LogP contribution is -2.14. The van der Waals surface area contributed by atoms with E-state index in [4.69, 9.17) is 10.3 Å². The van der Waals surface area contributed by atoms with Crippen LogP contribution < -0.4 is 5.73 Å². The Morgan fingerprint density at radius 2 is 2.12 bits per heavy atom. The Balaban J connectivity index is 2.02. The third-order valence-electron chi connectivity index (χ3n) is 2.99. The van der Waals surface area contributed by atoms with Crippen molar-refractivity contribution in [2.45, 2.75) is 58.4 Å². The molecule has 0 bridgehead atoms. The summed E-state index contributed by atoms with van der Waals surface area (Å²) in [5.74, 6) is 1.99. The quantitative estimate of drug-likeness (QED) is 0.835. The van der Waals surface area contributed by atoms with Gasteiger partial charge in [0.05, 0.1) is 0 Å². The molecule has 1 saturated carbocycles. The minimum absolute atomic E-state index is 0.202. The highest BCUT2D eigenvalue weighted by Gasteiger charge is 2.28. The van der Waals surface area contributed by atoms with E-state index in [-0.39, 0.29) is 5.41 Å². The molecular formula is C12H21N3O. The Labute approximate surface area is 96.6 Å². The van der Waals surface area contributed by atoms with Crippen LogP contribution in [0.15, 0.2) is 4.52 Å². The highest BCUT2D eigenvalue weighted by Crippen LogP contribution is 2.32. The van der Waals surface area contributed by atoms with E-state index in [0.29, 0.717) is 12.0 Å². The molecule has 1 fully saturated rings. The van der Waals surface area contributed by atoms with Crippen LogP contribution >= 0.6 is 0 Å². The Bertz CT molecular complexity index is 353. The lowest BCUT2D eigenvalue weighted by atomic mass is 9.92. The van der Waals surface area contributed by atoms with Crippen molar-refractivity contribution in [3.8, 4) is 0 Å². The summed E-state index contributed by atoms with van der Waals surface area (Å²) in [7, 11) is 0. The van der Waals surface area contributed by atoms with Gasteiger partial charge in [0, 0.05) is 18.4 Å². The SMILES string of the molecule is CC(C)(C)Cc1noc([C@@H]2CC[C@H](N)C2)n1. The topological polar surface area (TPSA) is 64.9 Å². The van der Waals surface area contributed by atoms with Gasteiger partial charge in [0.15, 0.2) is 5.82 Å². The van der Waals surface area contributed by atoms with Gasteiger partial charge in [-0.05, 0) is 24.7 Å². The summed E-state index contributed by atoms with van der Waals surface area (Å²) in [4.78, 5) is 4.48. The van der Waals surface area contributed by atoms with Gasteiger partial charge in [-0.3, -0.25) is 0 Å². The normalized spacial score (nSPS) is 26.2. The molecule has 1 aliphatic rings. The van der Waals surface area contributed by atoms with Gasteiger partial charge in [0.25, 0.3) is 0 Å². The van der Waals surface area contributed by atoms with Gasteiger partial charge in [-0.1, -0.05) is 25.9 Å². The third-order valence-corrected chi connectivity index (χ3v) is 2.99. The number of nitrogens with two attached hydrogens (primary N) is 1. The average Bonchev–Trinajstić information content (AvgIpc) is 2.71. The highest BCUT2D eigenvalue weighted by molar-refractivity contribution is 5.00. The largest absolute Gasteiger partial charge is 0.339 e. The molecule has 0 aromatic carbocycles. The van der Waals surface area contributed by atoms with Gasteiger partial charge in [-0.25, -0.2) is 0 Å². The van der Waals surface area contributed by atoms with Crippen molar-refractivity contribution in [3.05, 3.63) is 11.7 Å². The average molecular weight is 223 g/mol. The van der Waals surface area contributed by atoms with E-state index in [1.165, 1.54) is 0 Å². The summed E-state index contributed by atoms with van der Waals surface area (Å²) in [6.07, 6.45) is 3.99. The van der Waals surface area contributed by atoms with Gasteiger partial charge in [-0.2, -0.15) is 4.98 Å². The number of hydrogen-bond donors (Lipinski definition) is 1. The summed E-state index contributed by atoms with van der Waals surface area (Å²) < 4.78 is 5.33. The molecule has 2 N–H and O–H groups in total. The Morgan fingerprint density at radius 3 is 2.69 bits per heavy atom. The van der Waals surface area contributed by atoms with Crippen LogP contribution in [-0.4, -0.2) is 16.2 Å². The van der Waals surface area contributed by atoms with E-state index < -0.39 is 0 Å². The van der Waals surface area contributed by atoms with Crippen LogP contribution in [0.2, 0.25) is 0 Å². The standard InChI is InChI=1S/C12H21N3O/c1-12(2,3)7-10-14-11(16-15-10)8-4-5-9(13)6-8/h8-9H,4-7,13H2,1-3H3/t8-,9+/m1/s1. The van der Waals surface area contributed by atoms with E-state index in [0.717, 1.165) is 37.4 Å². The van der Waals surface area contributed by atoms with E-state index >= 15 is 0 Å². The first-order valence-corrected chi connectivity index (χ1v) is 6.02. The van der Waals surface area contributed by atoms with E-state index in [1.807, 2.05) is 0 Å². The molecule has 0 spiro atoms. The van der Waals surface area contributed by atoms with Crippen molar-refractivity contribution >= 4 is 0 Å². The first-order chi connectivity index (χ1) is 7.44. The minimum atomic E-state index is 0.202. The van der Waals surface area contributed by atoms with E-state index in [1.54, 1.807) is 0 Å². The molecule has 1 aliphatic carbocycles. The van der Waals surface area contributed by atoms with Crippen molar-refractivity contribution in [3.63, 3.8) is 0 Å². The van der Waals surface area contributed by atoms with Crippen LogP contribution in [0.4, 0.5) is 0 Å². The maximum atomic E-state index is 5.88. The zero-order valence-electron chi connectivity index (χ0n) is 10.4. The zero-order valence-corrected chi connectivity index (χ0v) is 10.4. The van der Waals surface area contributed by atoms with Crippen LogP contribution in [0.1, 0.15) is 57.7 Å². The molecule has 0 radical (unpaired) electrons. The molecule has 0 aliphatic heterocycles. The van der Waals surface area contributed by atoms with Crippen molar-refractivity contribution in [1.82, 2.24) is 10.1 Å². The fourth-order valence-corrected chi connectivity index (χ4v) is 2.22. The fourth-order valence-electron chi connectivity index (χ4n) is 2.22.